The van der Waals surface area contributed by atoms with Crippen LogP contribution in [0.25, 0.3) is 0 Å². The lowest BCUT2D eigenvalue weighted by molar-refractivity contribution is 0.314. The number of anilines is 1. The van der Waals surface area contributed by atoms with Crippen LogP contribution < -0.4 is 14.8 Å². The van der Waals surface area contributed by atoms with E-state index in [1.54, 1.807) is 25.4 Å². The maximum atomic E-state index is 8.95. The molecule has 0 fully saturated rings. The number of pyridine rings is 1. The standard InChI is InChI=1S/C16H17N3O2/c1-20-14-5-7-15(8-6-14)21-11-3-10-19-16-13(12-17)4-2-9-18-16/h2,4-9H,3,10-11H2,1H3,(H,18,19). The van der Waals surface area contributed by atoms with Crippen LogP contribution >= 0.6 is 0 Å². The first-order chi connectivity index (χ1) is 10.3. The van der Waals surface area contributed by atoms with Gasteiger partial charge in [-0.15, -0.1) is 0 Å². The minimum atomic E-state index is 0.550. The summed E-state index contributed by atoms with van der Waals surface area (Å²) in [5.41, 5.74) is 0.550. The van der Waals surface area contributed by atoms with Crippen LogP contribution in [-0.4, -0.2) is 25.2 Å². The Bertz CT molecular complexity index is 606. The molecule has 1 aromatic carbocycles. The SMILES string of the molecule is COc1ccc(OCCCNc2ncccc2C#N)cc1. The lowest BCUT2D eigenvalue weighted by Crippen LogP contribution is -2.09. The lowest BCUT2D eigenvalue weighted by Gasteiger charge is -2.09. The van der Waals surface area contributed by atoms with Crippen LogP contribution in [0.3, 0.4) is 0 Å². The normalized spacial score (nSPS) is 9.71. The fourth-order valence-corrected chi connectivity index (χ4v) is 1.78. The second kappa shape index (κ2) is 7.75. The first-order valence-corrected chi connectivity index (χ1v) is 6.69. The predicted octanol–water partition coefficient (Wildman–Crippen LogP) is 2.84. The van der Waals surface area contributed by atoms with E-state index in [0.29, 0.717) is 24.5 Å². The summed E-state index contributed by atoms with van der Waals surface area (Å²) in [6.07, 6.45) is 2.48. The number of methoxy groups -OCH3 is 1. The topological polar surface area (TPSA) is 67.2 Å². The number of hydrogen-bond donors (Lipinski definition) is 1. The van der Waals surface area contributed by atoms with Gasteiger partial charge in [0.2, 0.25) is 0 Å². The van der Waals surface area contributed by atoms with E-state index in [9.17, 15) is 0 Å². The maximum Gasteiger partial charge on any atom is 0.143 e. The molecule has 2 rings (SSSR count). The van der Waals surface area contributed by atoms with Crippen molar-refractivity contribution in [2.45, 2.75) is 6.42 Å². The average molecular weight is 283 g/mol. The van der Waals surface area contributed by atoms with Gasteiger partial charge in [0.05, 0.1) is 19.3 Å². The van der Waals surface area contributed by atoms with Crippen molar-refractivity contribution in [2.24, 2.45) is 0 Å². The van der Waals surface area contributed by atoms with Gasteiger partial charge in [0.25, 0.3) is 0 Å². The monoisotopic (exact) mass is 283 g/mol. The van der Waals surface area contributed by atoms with Crippen molar-refractivity contribution < 1.29 is 9.47 Å². The van der Waals surface area contributed by atoms with E-state index in [1.165, 1.54) is 0 Å². The second-order valence-electron chi connectivity index (χ2n) is 4.32. The summed E-state index contributed by atoms with van der Waals surface area (Å²) in [5, 5.41) is 12.1. The Morgan fingerprint density at radius 3 is 2.67 bits per heavy atom. The van der Waals surface area contributed by atoms with Gasteiger partial charge in [0, 0.05) is 12.7 Å². The summed E-state index contributed by atoms with van der Waals surface area (Å²) in [7, 11) is 1.63. The van der Waals surface area contributed by atoms with Crippen molar-refractivity contribution in [1.29, 1.82) is 5.26 Å². The molecule has 0 unspecified atom stereocenters. The molecule has 0 aliphatic carbocycles. The molecule has 0 saturated heterocycles. The van der Waals surface area contributed by atoms with Crippen molar-refractivity contribution >= 4 is 5.82 Å². The molecule has 0 radical (unpaired) electrons. The van der Waals surface area contributed by atoms with Gasteiger partial charge in [-0.1, -0.05) is 0 Å². The number of nitriles is 1. The molecule has 0 bridgehead atoms. The molecule has 0 atom stereocenters. The molecular weight excluding hydrogens is 266 g/mol. The van der Waals surface area contributed by atoms with E-state index in [-0.39, 0.29) is 0 Å². The van der Waals surface area contributed by atoms with Crippen molar-refractivity contribution in [1.82, 2.24) is 4.98 Å². The summed E-state index contributed by atoms with van der Waals surface area (Å²) in [5.74, 6) is 2.24. The van der Waals surface area contributed by atoms with Crippen LogP contribution in [0.2, 0.25) is 0 Å². The van der Waals surface area contributed by atoms with E-state index >= 15 is 0 Å². The Morgan fingerprint density at radius 2 is 1.95 bits per heavy atom. The quantitative estimate of drug-likeness (QED) is 0.791. The lowest BCUT2D eigenvalue weighted by atomic mass is 10.3. The van der Waals surface area contributed by atoms with Gasteiger partial charge in [-0.05, 0) is 42.8 Å². The highest BCUT2D eigenvalue weighted by atomic mass is 16.5. The molecule has 0 spiro atoms. The first kappa shape index (κ1) is 14.7. The predicted molar refractivity (Wildman–Crippen MR) is 80.5 cm³/mol. The first-order valence-electron chi connectivity index (χ1n) is 6.69. The second-order valence-corrected chi connectivity index (χ2v) is 4.32. The smallest absolute Gasteiger partial charge is 0.143 e. The Balaban J connectivity index is 1.71. The fraction of sp³-hybridized carbons (Fsp3) is 0.250. The Morgan fingerprint density at radius 1 is 1.19 bits per heavy atom. The zero-order valence-corrected chi connectivity index (χ0v) is 11.9. The van der Waals surface area contributed by atoms with E-state index in [4.69, 9.17) is 14.7 Å². The molecule has 1 aromatic heterocycles. The molecule has 0 aliphatic rings. The number of nitrogens with one attached hydrogen (secondary N) is 1. The molecule has 2 aromatic rings. The summed E-state index contributed by atoms with van der Waals surface area (Å²) in [4.78, 5) is 4.14. The molecule has 5 nitrogen and oxygen atoms in total. The zero-order chi connectivity index (χ0) is 14.9. The van der Waals surface area contributed by atoms with Crippen molar-refractivity contribution in [3.05, 3.63) is 48.2 Å². The van der Waals surface area contributed by atoms with Crippen LogP contribution in [0.5, 0.6) is 11.5 Å². The highest BCUT2D eigenvalue weighted by molar-refractivity contribution is 5.51. The number of hydrogen-bond acceptors (Lipinski definition) is 5. The highest BCUT2D eigenvalue weighted by Crippen LogP contribution is 2.17. The minimum absolute atomic E-state index is 0.550. The van der Waals surface area contributed by atoms with Gasteiger partial charge in [-0.3, -0.25) is 0 Å². The number of aromatic nitrogens is 1. The van der Waals surface area contributed by atoms with E-state index < -0.39 is 0 Å². The minimum Gasteiger partial charge on any atom is -0.497 e. The van der Waals surface area contributed by atoms with Crippen LogP contribution in [0, 0.1) is 11.3 Å². The largest absolute Gasteiger partial charge is 0.497 e. The van der Waals surface area contributed by atoms with Crippen molar-refractivity contribution in [3.8, 4) is 17.6 Å². The molecule has 0 amide bonds. The van der Waals surface area contributed by atoms with Crippen LogP contribution in [-0.2, 0) is 0 Å². The zero-order valence-electron chi connectivity index (χ0n) is 11.9. The van der Waals surface area contributed by atoms with Gasteiger partial charge in [0.1, 0.15) is 23.4 Å². The van der Waals surface area contributed by atoms with Crippen LogP contribution in [0.4, 0.5) is 5.82 Å². The molecule has 5 heteroatoms. The van der Waals surface area contributed by atoms with E-state index in [2.05, 4.69) is 16.4 Å². The third-order valence-corrected chi connectivity index (χ3v) is 2.87. The summed E-state index contributed by atoms with van der Waals surface area (Å²) in [6, 6.07) is 13.1. The van der Waals surface area contributed by atoms with Crippen LogP contribution in [0.15, 0.2) is 42.6 Å². The van der Waals surface area contributed by atoms with Gasteiger partial charge in [-0.25, -0.2) is 4.98 Å². The fourth-order valence-electron chi connectivity index (χ4n) is 1.78. The molecule has 0 saturated carbocycles. The number of benzene rings is 1. The Labute approximate surface area is 124 Å². The summed E-state index contributed by atoms with van der Waals surface area (Å²) in [6.45, 7) is 1.29. The van der Waals surface area contributed by atoms with Gasteiger partial charge in [-0.2, -0.15) is 5.26 Å². The number of nitrogens with zero attached hydrogens (tertiary/aromatic N) is 2. The third-order valence-electron chi connectivity index (χ3n) is 2.87. The number of ether oxygens (including phenoxy) is 2. The molecule has 21 heavy (non-hydrogen) atoms. The Hall–Kier alpha value is -2.74. The Kier molecular flexibility index (Phi) is 5.41. The van der Waals surface area contributed by atoms with E-state index in [0.717, 1.165) is 17.9 Å². The third kappa shape index (κ3) is 4.39. The average Bonchev–Trinajstić information content (AvgIpc) is 2.55. The maximum absolute atomic E-state index is 8.95. The van der Waals surface area contributed by atoms with Crippen molar-refractivity contribution in [2.75, 3.05) is 25.6 Å². The van der Waals surface area contributed by atoms with Gasteiger partial charge in [0.15, 0.2) is 0 Å². The molecule has 1 N–H and O–H groups in total. The summed E-state index contributed by atoms with van der Waals surface area (Å²) < 4.78 is 10.7. The molecule has 1 heterocycles. The highest BCUT2D eigenvalue weighted by Gasteiger charge is 2.01. The van der Waals surface area contributed by atoms with Gasteiger partial charge < -0.3 is 14.8 Å². The molecular formula is C16H17N3O2. The van der Waals surface area contributed by atoms with Gasteiger partial charge >= 0.3 is 0 Å². The van der Waals surface area contributed by atoms with Crippen LogP contribution in [0.1, 0.15) is 12.0 Å². The number of rotatable bonds is 7. The molecule has 0 aliphatic heterocycles. The molecule has 108 valence electrons. The van der Waals surface area contributed by atoms with E-state index in [1.807, 2.05) is 24.3 Å². The van der Waals surface area contributed by atoms with Crippen molar-refractivity contribution in [3.63, 3.8) is 0 Å². The summed E-state index contributed by atoms with van der Waals surface area (Å²) >= 11 is 0.